The lowest BCUT2D eigenvalue weighted by molar-refractivity contribution is -0.156. The second-order valence-corrected chi connectivity index (χ2v) is 5.09. The zero-order valence-corrected chi connectivity index (χ0v) is 10.3. The molecular formula is C13H16ClNO2. The molecule has 3 N–H and O–H groups in total. The maximum Gasteiger partial charge on any atom is 0.310 e. The molecule has 1 atom stereocenters. The lowest BCUT2D eigenvalue weighted by Gasteiger charge is -2.44. The molecule has 1 aliphatic carbocycles. The number of benzene rings is 1. The number of nitrogens with two attached hydrogens (primary N) is 1. The van der Waals surface area contributed by atoms with E-state index in [0.29, 0.717) is 24.4 Å². The first kappa shape index (κ1) is 12.4. The van der Waals surface area contributed by atoms with Gasteiger partial charge < -0.3 is 10.8 Å². The molecule has 1 saturated carbocycles. The van der Waals surface area contributed by atoms with Gasteiger partial charge in [-0.25, -0.2) is 0 Å². The largest absolute Gasteiger partial charge is 0.481 e. The van der Waals surface area contributed by atoms with Crippen LogP contribution in [0.1, 0.15) is 30.7 Å². The third kappa shape index (κ3) is 2.05. The number of hydrogen-bond donors (Lipinski definition) is 2. The van der Waals surface area contributed by atoms with Crippen LogP contribution in [-0.4, -0.2) is 17.6 Å². The number of rotatable bonds is 4. The smallest absolute Gasteiger partial charge is 0.310 e. The molecule has 0 spiro atoms. The predicted octanol–water partition coefficient (Wildman–Crippen LogP) is 2.64. The number of carboxylic acids is 1. The molecule has 0 aromatic heterocycles. The molecule has 0 amide bonds. The molecule has 0 unspecified atom stereocenters. The Kier molecular flexibility index (Phi) is 3.40. The van der Waals surface area contributed by atoms with Crippen molar-refractivity contribution in [2.24, 2.45) is 11.1 Å². The minimum Gasteiger partial charge on any atom is -0.481 e. The van der Waals surface area contributed by atoms with Crippen LogP contribution in [0.4, 0.5) is 0 Å². The highest BCUT2D eigenvalue weighted by Crippen LogP contribution is 2.51. The van der Waals surface area contributed by atoms with Gasteiger partial charge in [0.15, 0.2) is 0 Å². The zero-order chi connectivity index (χ0) is 12.5. The monoisotopic (exact) mass is 253 g/mol. The molecule has 3 nitrogen and oxygen atoms in total. The average Bonchev–Trinajstić information content (AvgIpc) is 2.22. The quantitative estimate of drug-likeness (QED) is 0.867. The summed E-state index contributed by atoms with van der Waals surface area (Å²) in [6, 6.07) is 7.36. The van der Waals surface area contributed by atoms with Crippen molar-refractivity contribution in [3.63, 3.8) is 0 Å². The Morgan fingerprint density at radius 1 is 1.53 bits per heavy atom. The van der Waals surface area contributed by atoms with Gasteiger partial charge in [-0.05, 0) is 30.5 Å². The molecule has 92 valence electrons. The van der Waals surface area contributed by atoms with E-state index in [-0.39, 0.29) is 5.92 Å². The summed E-state index contributed by atoms with van der Waals surface area (Å²) in [7, 11) is 0. The molecule has 1 fully saturated rings. The molecule has 4 heteroatoms. The predicted molar refractivity (Wildman–Crippen MR) is 67.2 cm³/mol. The van der Waals surface area contributed by atoms with Crippen molar-refractivity contribution in [1.82, 2.24) is 0 Å². The van der Waals surface area contributed by atoms with E-state index in [0.717, 1.165) is 12.0 Å². The molecule has 1 aromatic rings. The van der Waals surface area contributed by atoms with Crippen LogP contribution in [0.3, 0.4) is 0 Å². The fourth-order valence-corrected chi connectivity index (χ4v) is 2.87. The number of hydrogen-bond acceptors (Lipinski definition) is 2. The third-order valence-electron chi connectivity index (χ3n) is 3.83. The van der Waals surface area contributed by atoms with Crippen molar-refractivity contribution in [2.45, 2.75) is 25.2 Å². The van der Waals surface area contributed by atoms with Crippen LogP contribution in [0, 0.1) is 5.41 Å². The fourth-order valence-electron chi connectivity index (χ4n) is 2.67. The topological polar surface area (TPSA) is 63.3 Å². The van der Waals surface area contributed by atoms with E-state index in [1.807, 2.05) is 18.2 Å². The van der Waals surface area contributed by atoms with Gasteiger partial charge in [0, 0.05) is 17.5 Å². The van der Waals surface area contributed by atoms with Gasteiger partial charge in [0.05, 0.1) is 5.41 Å². The summed E-state index contributed by atoms with van der Waals surface area (Å²) in [5, 5.41) is 10.1. The lowest BCUT2D eigenvalue weighted by atomic mass is 9.59. The Balaban J connectivity index is 2.36. The summed E-state index contributed by atoms with van der Waals surface area (Å²) >= 11 is 5.95. The molecule has 1 aliphatic rings. The Hall–Kier alpha value is -1.06. The van der Waals surface area contributed by atoms with Crippen molar-refractivity contribution >= 4 is 17.6 Å². The van der Waals surface area contributed by atoms with E-state index in [9.17, 15) is 9.90 Å². The Morgan fingerprint density at radius 2 is 2.24 bits per heavy atom. The van der Waals surface area contributed by atoms with Crippen LogP contribution in [-0.2, 0) is 4.79 Å². The van der Waals surface area contributed by atoms with Crippen LogP contribution < -0.4 is 5.73 Å². The SMILES string of the molecule is NC[C@H](c1cccc(Cl)c1)C1(C(=O)O)CCC1. The van der Waals surface area contributed by atoms with E-state index in [4.69, 9.17) is 17.3 Å². The second kappa shape index (κ2) is 4.67. The van der Waals surface area contributed by atoms with Crippen LogP contribution in [0.25, 0.3) is 0 Å². The normalized spacial score (nSPS) is 19.4. The Bertz CT molecular complexity index is 429. The first-order chi connectivity index (χ1) is 8.10. The maximum absolute atomic E-state index is 11.5. The van der Waals surface area contributed by atoms with E-state index in [1.54, 1.807) is 6.07 Å². The van der Waals surface area contributed by atoms with E-state index < -0.39 is 11.4 Å². The van der Waals surface area contributed by atoms with Gasteiger partial charge in [0.2, 0.25) is 0 Å². The van der Waals surface area contributed by atoms with Gasteiger partial charge in [-0.1, -0.05) is 30.2 Å². The summed E-state index contributed by atoms with van der Waals surface area (Å²) < 4.78 is 0. The molecule has 0 saturated heterocycles. The summed E-state index contributed by atoms with van der Waals surface area (Å²) in [6.07, 6.45) is 2.37. The van der Waals surface area contributed by atoms with E-state index in [1.165, 1.54) is 0 Å². The first-order valence-corrected chi connectivity index (χ1v) is 6.17. The van der Waals surface area contributed by atoms with Crippen LogP contribution in [0.2, 0.25) is 5.02 Å². The van der Waals surface area contributed by atoms with Crippen LogP contribution in [0.5, 0.6) is 0 Å². The van der Waals surface area contributed by atoms with Crippen molar-refractivity contribution in [3.05, 3.63) is 34.9 Å². The zero-order valence-electron chi connectivity index (χ0n) is 9.53. The van der Waals surface area contributed by atoms with E-state index in [2.05, 4.69) is 0 Å². The highest BCUT2D eigenvalue weighted by atomic mass is 35.5. The standard InChI is InChI=1S/C13H16ClNO2/c14-10-4-1-3-9(7-10)11(8-15)13(12(16)17)5-2-6-13/h1,3-4,7,11H,2,5-6,8,15H2,(H,16,17)/t11-/m1/s1. The number of aliphatic carboxylic acids is 1. The molecule has 1 aromatic carbocycles. The summed E-state index contributed by atoms with van der Waals surface area (Å²) in [6.45, 7) is 0.340. The van der Waals surface area contributed by atoms with Gasteiger partial charge in [-0.15, -0.1) is 0 Å². The summed E-state index contributed by atoms with van der Waals surface area (Å²) in [4.78, 5) is 11.5. The minimum absolute atomic E-state index is 0.146. The summed E-state index contributed by atoms with van der Waals surface area (Å²) in [5.74, 6) is -0.883. The van der Waals surface area contributed by atoms with Crippen molar-refractivity contribution in [2.75, 3.05) is 6.54 Å². The van der Waals surface area contributed by atoms with Gasteiger partial charge in [0.25, 0.3) is 0 Å². The fraction of sp³-hybridized carbons (Fsp3) is 0.462. The van der Waals surface area contributed by atoms with Gasteiger partial charge in [-0.2, -0.15) is 0 Å². The van der Waals surface area contributed by atoms with Gasteiger partial charge in [0.1, 0.15) is 0 Å². The van der Waals surface area contributed by atoms with Gasteiger partial charge in [-0.3, -0.25) is 4.79 Å². The Morgan fingerprint density at radius 3 is 2.65 bits per heavy atom. The van der Waals surface area contributed by atoms with Gasteiger partial charge >= 0.3 is 5.97 Å². The molecule has 2 rings (SSSR count). The van der Waals surface area contributed by atoms with Crippen LogP contribution in [0.15, 0.2) is 24.3 Å². The number of carboxylic acid groups (broad SMARTS) is 1. The highest BCUT2D eigenvalue weighted by Gasteiger charge is 2.50. The second-order valence-electron chi connectivity index (χ2n) is 4.66. The average molecular weight is 254 g/mol. The third-order valence-corrected chi connectivity index (χ3v) is 4.06. The maximum atomic E-state index is 11.5. The lowest BCUT2D eigenvalue weighted by Crippen LogP contribution is -2.45. The minimum atomic E-state index is -0.737. The van der Waals surface area contributed by atoms with Crippen molar-refractivity contribution in [1.29, 1.82) is 0 Å². The molecule has 0 bridgehead atoms. The molecule has 0 aliphatic heterocycles. The van der Waals surface area contributed by atoms with Crippen molar-refractivity contribution < 1.29 is 9.90 Å². The molecule has 17 heavy (non-hydrogen) atoms. The molecule has 0 radical (unpaired) electrons. The number of carbonyl (C=O) groups is 1. The first-order valence-electron chi connectivity index (χ1n) is 5.79. The van der Waals surface area contributed by atoms with Crippen LogP contribution >= 0.6 is 11.6 Å². The molecule has 0 heterocycles. The Labute approximate surface area is 106 Å². The van der Waals surface area contributed by atoms with Crippen molar-refractivity contribution in [3.8, 4) is 0 Å². The molecular weight excluding hydrogens is 238 g/mol. The number of halogens is 1. The summed E-state index contributed by atoms with van der Waals surface area (Å²) in [5.41, 5.74) is 6.03. The van der Waals surface area contributed by atoms with E-state index >= 15 is 0 Å². The highest BCUT2D eigenvalue weighted by molar-refractivity contribution is 6.30.